The molecule has 2 heteroatoms. The quantitative estimate of drug-likeness (QED) is 0.799. The second kappa shape index (κ2) is 4.61. The van der Waals surface area contributed by atoms with Gasteiger partial charge in [0, 0.05) is 17.9 Å². The normalized spacial score (nSPS) is 28.4. The number of nitrogens with zero attached hydrogens (tertiary/aromatic N) is 1. The van der Waals surface area contributed by atoms with Crippen LogP contribution in [-0.4, -0.2) is 17.6 Å². The lowest BCUT2D eigenvalue weighted by Gasteiger charge is -2.36. The molecule has 3 rings (SSSR count). The van der Waals surface area contributed by atoms with Crippen LogP contribution in [0.5, 0.6) is 0 Å². The van der Waals surface area contributed by atoms with Crippen LogP contribution in [-0.2, 0) is 0 Å². The Balaban J connectivity index is 1.80. The molecule has 1 aliphatic carbocycles. The molecule has 0 saturated carbocycles. The number of pyridine rings is 1. The monoisotopic (exact) mass is 228 g/mol. The third-order valence-corrected chi connectivity index (χ3v) is 4.12. The number of rotatable bonds is 1. The zero-order chi connectivity index (χ0) is 11.7. The molecule has 1 aromatic rings. The molecule has 0 amide bonds. The molecule has 2 atom stereocenters. The fourth-order valence-corrected chi connectivity index (χ4v) is 3.05. The van der Waals surface area contributed by atoms with Gasteiger partial charge in [-0.3, -0.25) is 4.98 Å². The van der Waals surface area contributed by atoms with Gasteiger partial charge in [-0.25, -0.2) is 0 Å². The Morgan fingerprint density at radius 1 is 1.35 bits per heavy atom. The van der Waals surface area contributed by atoms with Crippen LogP contribution in [0, 0.1) is 12.8 Å². The fraction of sp³-hybridized carbons (Fsp3) is 0.533. The summed E-state index contributed by atoms with van der Waals surface area (Å²) in [7, 11) is 0. The summed E-state index contributed by atoms with van der Waals surface area (Å²) in [6.45, 7) is 3.23. The first-order valence-corrected chi connectivity index (χ1v) is 6.68. The first kappa shape index (κ1) is 11.0. The maximum atomic E-state index is 4.40. The number of hydrogen-bond acceptors (Lipinski definition) is 2. The Kier molecular flexibility index (Phi) is 2.98. The van der Waals surface area contributed by atoms with Gasteiger partial charge in [0.25, 0.3) is 0 Å². The van der Waals surface area contributed by atoms with Crippen molar-refractivity contribution in [2.75, 3.05) is 6.54 Å². The summed E-state index contributed by atoms with van der Waals surface area (Å²) in [5.41, 5.74) is 3.88. The molecule has 1 aliphatic heterocycles. The van der Waals surface area contributed by atoms with Gasteiger partial charge in [0.1, 0.15) is 0 Å². The van der Waals surface area contributed by atoms with E-state index < -0.39 is 0 Å². The number of hydrogen-bond donors (Lipinski definition) is 1. The van der Waals surface area contributed by atoms with Crippen molar-refractivity contribution >= 4 is 5.57 Å². The minimum Gasteiger partial charge on any atom is -0.313 e. The second-order valence-corrected chi connectivity index (χ2v) is 5.32. The van der Waals surface area contributed by atoms with Crippen LogP contribution >= 0.6 is 0 Å². The van der Waals surface area contributed by atoms with Gasteiger partial charge in [-0.15, -0.1) is 0 Å². The molecule has 2 aliphatic rings. The van der Waals surface area contributed by atoms with Gasteiger partial charge < -0.3 is 5.32 Å². The standard InChI is InChI=1S/C15H20N2/c1-11-4-5-14(10-17-11)13-7-6-12-3-2-8-16-15(12)9-13/h4-5,7,10,12,15-16H,2-3,6,8-9H2,1H3/t12-,15+/m1/s1. The van der Waals surface area contributed by atoms with Crippen LogP contribution in [0.25, 0.3) is 5.57 Å². The van der Waals surface area contributed by atoms with Crippen LogP contribution in [0.15, 0.2) is 24.4 Å². The van der Waals surface area contributed by atoms with E-state index in [1.54, 1.807) is 0 Å². The smallest absolute Gasteiger partial charge is 0.0373 e. The number of piperidine rings is 1. The maximum absolute atomic E-state index is 4.40. The molecule has 2 nitrogen and oxygen atoms in total. The predicted molar refractivity (Wildman–Crippen MR) is 70.7 cm³/mol. The summed E-state index contributed by atoms with van der Waals surface area (Å²) in [6, 6.07) is 5.01. The molecule has 2 heterocycles. The van der Waals surface area contributed by atoms with Gasteiger partial charge in [0.2, 0.25) is 0 Å². The minimum atomic E-state index is 0.699. The second-order valence-electron chi connectivity index (χ2n) is 5.32. The molecule has 1 saturated heterocycles. The average molecular weight is 228 g/mol. The number of nitrogens with one attached hydrogen (secondary N) is 1. The largest absolute Gasteiger partial charge is 0.313 e. The van der Waals surface area contributed by atoms with Crippen molar-refractivity contribution in [3.05, 3.63) is 35.7 Å². The van der Waals surface area contributed by atoms with Crippen LogP contribution in [0.4, 0.5) is 0 Å². The molecular weight excluding hydrogens is 208 g/mol. The summed E-state index contributed by atoms with van der Waals surface area (Å²) in [5, 5.41) is 3.67. The molecule has 0 bridgehead atoms. The van der Waals surface area contributed by atoms with Crippen molar-refractivity contribution in [3.8, 4) is 0 Å². The van der Waals surface area contributed by atoms with Crippen LogP contribution in [0.1, 0.15) is 36.9 Å². The molecule has 1 aromatic heterocycles. The van der Waals surface area contributed by atoms with Crippen molar-refractivity contribution in [3.63, 3.8) is 0 Å². The van der Waals surface area contributed by atoms with Crippen molar-refractivity contribution in [2.24, 2.45) is 5.92 Å². The van der Waals surface area contributed by atoms with Gasteiger partial charge in [-0.2, -0.15) is 0 Å². The molecule has 0 radical (unpaired) electrons. The fourth-order valence-electron chi connectivity index (χ4n) is 3.05. The van der Waals surface area contributed by atoms with E-state index in [0.717, 1.165) is 11.6 Å². The van der Waals surface area contributed by atoms with E-state index >= 15 is 0 Å². The summed E-state index contributed by atoms with van der Waals surface area (Å²) < 4.78 is 0. The van der Waals surface area contributed by atoms with E-state index in [-0.39, 0.29) is 0 Å². The van der Waals surface area contributed by atoms with Crippen LogP contribution in [0.2, 0.25) is 0 Å². The zero-order valence-corrected chi connectivity index (χ0v) is 10.4. The zero-order valence-electron chi connectivity index (χ0n) is 10.4. The van der Waals surface area contributed by atoms with Gasteiger partial charge in [0.15, 0.2) is 0 Å². The van der Waals surface area contributed by atoms with Crippen molar-refractivity contribution in [2.45, 2.75) is 38.6 Å². The molecule has 90 valence electrons. The molecular formula is C15H20N2. The summed E-state index contributed by atoms with van der Waals surface area (Å²) in [5.74, 6) is 0.867. The van der Waals surface area contributed by atoms with Gasteiger partial charge in [0.05, 0.1) is 0 Å². The molecule has 0 aromatic carbocycles. The van der Waals surface area contributed by atoms with Crippen molar-refractivity contribution < 1.29 is 0 Å². The lowest BCUT2D eigenvalue weighted by molar-refractivity contribution is 0.278. The van der Waals surface area contributed by atoms with Crippen LogP contribution < -0.4 is 5.32 Å². The highest BCUT2D eigenvalue weighted by Crippen LogP contribution is 2.34. The van der Waals surface area contributed by atoms with E-state index in [4.69, 9.17) is 0 Å². The third kappa shape index (κ3) is 2.27. The highest BCUT2D eigenvalue weighted by atomic mass is 14.9. The molecule has 0 spiro atoms. The maximum Gasteiger partial charge on any atom is 0.0373 e. The Morgan fingerprint density at radius 3 is 3.12 bits per heavy atom. The van der Waals surface area contributed by atoms with Crippen LogP contribution in [0.3, 0.4) is 0 Å². The molecule has 1 fully saturated rings. The van der Waals surface area contributed by atoms with E-state index in [0.29, 0.717) is 6.04 Å². The predicted octanol–water partition coefficient (Wildman–Crippen LogP) is 2.94. The van der Waals surface area contributed by atoms with Gasteiger partial charge in [-0.05, 0) is 62.3 Å². The number of aromatic nitrogens is 1. The Morgan fingerprint density at radius 2 is 2.29 bits per heavy atom. The highest BCUT2D eigenvalue weighted by molar-refractivity contribution is 5.66. The minimum absolute atomic E-state index is 0.699. The highest BCUT2D eigenvalue weighted by Gasteiger charge is 2.28. The topological polar surface area (TPSA) is 24.9 Å². The lowest BCUT2D eigenvalue weighted by atomic mass is 9.78. The Hall–Kier alpha value is -1.15. The van der Waals surface area contributed by atoms with E-state index in [1.807, 2.05) is 13.1 Å². The van der Waals surface area contributed by atoms with E-state index in [2.05, 4.69) is 28.5 Å². The summed E-state index contributed by atoms with van der Waals surface area (Å²) in [4.78, 5) is 4.40. The first-order chi connectivity index (χ1) is 8.33. The number of fused-ring (bicyclic) bond motifs is 1. The summed E-state index contributed by atoms with van der Waals surface area (Å²) in [6.07, 6.45) is 9.60. The van der Waals surface area contributed by atoms with E-state index in [9.17, 15) is 0 Å². The summed E-state index contributed by atoms with van der Waals surface area (Å²) >= 11 is 0. The molecule has 1 N–H and O–H groups in total. The van der Waals surface area contributed by atoms with E-state index in [1.165, 1.54) is 43.4 Å². The Labute approximate surface area is 103 Å². The lowest BCUT2D eigenvalue weighted by Crippen LogP contribution is -2.42. The molecule has 17 heavy (non-hydrogen) atoms. The average Bonchev–Trinajstić information content (AvgIpc) is 2.39. The van der Waals surface area contributed by atoms with Crippen molar-refractivity contribution in [1.82, 2.24) is 10.3 Å². The van der Waals surface area contributed by atoms with Gasteiger partial charge in [-0.1, -0.05) is 12.1 Å². The van der Waals surface area contributed by atoms with Gasteiger partial charge >= 0.3 is 0 Å². The first-order valence-electron chi connectivity index (χ1n) is 6.68. The Bertz CT molecular complexity index is 419. The third-order valence-electron chi connectivity index (χ3n) is 4.12. The molecule has 0 unspecified atom stereocenters. The van der Waals surface area contributed by atoms with Crippen molar-refractivity contribution in [1.29, 1.82) is 0 Å². The number of allylic oxidation sites excluding steroid dienone is 1. The SMILES string of the molecule is Cc1ccc(C2=CC[C@H]3CCCN[C@H]3C2)cn1. The number of aryl methyl sites for hydroxylation is 1.